The second kappa shape index (κ2) is 20.2. The number of halogens is 2. The van der Waals surface area contributed by atoms with E-state index in [0.29, 0.717) is 0 Å². The third kappa shape index (κ3) is 514. The molecule has 0 saturated carbocycles. The van der Waals surface area contributed by atoms with Crippen LogP contribution < -0.4 is 29.4 Å². The molecule has 0 N–H and O–H groups in total. The Labute approximate surface area is 137 Å². The summed E-state index contributed by atoms with van der Waals surface area (Å²) in [4.78, 5) is 51.3. The predicted molar refractivity (Wildman–Crippen MR) is 26.9 cm³/mol. The average molecular weight is 484 g/mol. The third-order valence-corrected chi connectivity index (χ3v) is 0. The molecule has 0 aromatic rings. The Kier molecular flexibility index (Phi) is 45.9. The van der Waals surface area contributed by atoms with E-state index in [4.69, 9.17) is 58.7 Å². The molecule has 0 radical (unpaired) electrons. The van der Waals surface area contributed by atoms with E-state index in [1.807, 2.05) is 0 Å². The standard InChI is InChI=1S/2ClH.4Fe.2H3O4P/c;;;;;;2*1-5(2,3)4/h2*1H;;;;;2*(H3,1,2,3,4)/q;;4*+2;;/p-8. The Balaban J connectivity index is -0.0000000220. The predicted octanol–water partition coefficient (Wildman–Crippen LogP) is -4.28. The van der Waals surface area contributed by atoms with Gasteiger partial charge in [-0.3, -0.25) is 0 Å². The van der Waals surface area contributed by atoms with Gasteiger partial charge in [-0.15, -0.1) is 0 Å². The van der Waals surface area contributed by atoms with Crippen LogP contribution in [0.1, 0.15) is 0 Å². The van der Waals surface area contributed by atoms with E-state index in [1.54, 1.807) is 0 Å². The molecule has 16 heavy (non-hydrogen) atoms. The molecule has 0 atom stereocenters. The topological polar surface area (TPSA) is 172 Å². The Morgan fingerprint density at radius 2 is 0.688 bits per heavy atom. The minimum atomic E-state index is -5.39. The van der Waals surface area contributed by atoms with Gasteiger partial charge >= 0.3 is 84.5 Å². The molecule has 0 aromatic carbocycles. The Bertz CT molecular complexity index is 152. The second-order valence-corrected chi connectivity index (χ2v) is 4.56. The summed E-state index contributed by atoms with van der Waals surface area (Å²) in [5, 5.41) is 0. The molecule has 0 unspecified atom stereocenters. The maximum atomic E-state index is 8.55. The molecule has 104 valence electrons. The fourth-order valence-corrected chi connectivity index (χ4v) is 0. The molecule has 16 heteroatoms. The average Bonchev–Trinajstić information content (AvgIpc) is 1.52. The van der Waals surface area contributed by atoms with Crippen molar-refractivity contribution in [2.45, 2.75) is 0 Å². The van der Waals surface area contributed by atoms with Crippen molar-refractivity contribution in [2.24, 2.45) is 0 Å². The first kappa shape index (κ1) is 36.4. The zero-order chi connectivity index (χ0) is 11.7. The summed E-state index contributed by atoms with van der Waals surface area (Å²) in [5.41, 5.74) is 0. The van der Waals surface area contributed by atoms with E-state index in [2.05, 4.69) is 0 Å². The Hall–Kier alpha value is 2.88. The zero-order valence-electron chi connectivity index (χ0n) is 6.33. The van der Waals surface area contributed by atoms with Crippen LogP contribution in [-0.2, 0) is 73.5 Å². The normalized spacial score (nSPS) is 8.75. The molecular weight excluding hydrogens is 484 g/mol. The van der Waals surface area contributed by atoms with Gasteiger partial charge in [0.25, 0.3) is 0 Å². The van der Waals surface area contributed by atoms with Crippen LogP contribution in [0.15, 0.2) is 0 Å². The first-order valence-corrected chi connectivity index (χ1v) is 7.69. The van der Waals surface area contributed by atoms with Crippen molar-refractivity contribution in [3.05, 3.63) is 0 Å². The van der Waals surface area contributed by atoms with Gasteiger partial charge in [-0.05, 0) is 0 Å². The summed E-state index contributed by atoms with van der Waals surface area (Å²) in [5.74, 6) is 0. The molecule has 0 rings (SSSR count). The van der Waals surface area contributed by atoms with Gasteiger partial charge in [-0.2, -0.15) is 15.6 Å². The van der Waals surface area contributed by atoms with Crippen LogP contribution in [0.2, 0.25) is 0 Å². The molecule has 8 nitrogen and oxygen atoms in total. The van der Waals surface area contributed by atoms with E-state index >= 15 is 0 Å². The molecule has 0 saturated heterocycles. The van der Waals surface area contributed by atoms with E-state index in [9.17, 15) is 0 Å². The van der Waals surface area contributed by atoms with Crippen LogP contribution in [-0.4, -0.2) is 0 Å². The molecule has 0 aliphatic rings. The maximum absolute atomic E-state index is 8.55. The van der Waals surface area contributed by atoms with E-state index < -0.39 is 15.6 Å². The molecule has 0 fully saturated rings. The zero-order valence-corrected chi connectivity index (χ0v) is 14.0. The largest absolute Gasteiger partial charge is 2.00 e. The SMILES string of the molecule is O=P([O-])([O-])[O-].O=P([O-])([O-])[O-].[Cl][Fe][Cl].[Fe+2].[Fe+2].[Fe+2]. The van der Waals surface area contributed by atoms with E-state index in [0.717, 1.165) is 0 Å². The van der Waals surface area contributed by atoms with Crippen LogP contribution in [0.5, 0.6) is 0 Å². The summed E-state index contributed by atoms with van der Waals surface area (Å²) in [6, 6.07) is 0. The first-order chi connectivity index (χ1) is 5.41. The van der Waals surface area contributed by atoms with Crippen molar-refractivity contribution < 1.29 is 103 Å². The van der Waals surface area contributed by atoms with Gasteiger partial charge in [0.15, 0.2) is 0 Å². The number of hydrogen-bond donors (Lipinski definition) is 0. The molecule has 0 aromatic heterocycles. The monoisotopic (exact) mass is 484 g/mol. The van der Waals surface area contributed by atoms with Gasteiger partial charge in [0.05, 0.1) is 0 Å². The first-order valence-electron chi connectivity index (χ1n) is 1.73. The van der Waals surface area contributed by atoms with Crippen molar-refractivity contribution in [3.63, 3.8) is 0 Å². The summed E-state index contributed by atoms with van der Waals surface area (Å²) in [6.45, 7) is 0. The van der Waals surface area contributed by atoms with E-state index in [1.165, 1.54) is 0 Å². The van der Waals surface area contributed by atoms with Crippen molar-refractivity contribution >= 4 is 35.8 Å². The molecule has 0 bridgehead atoms. The van der Waals surface area contributed by atoms with Crippen LogP contribution >= 0.6 is 35.8 Å². The summed E-state index contributed by atoms with van der Waals surface area (Å²) >= 11 is 0.194. The number of rotatable bonds is 0. The van der Waals surface area contributed by atoms with Gasteiger partial charge in [-0.1, -0.05) is 0 Å². The number of phosphoric acid groups is 2. The summed E-state index contributed by atoms with van der Waals surface area (Å²) < 4.78 is 17.1. The van der Waals surface area contributed by atoms with Crippen LogP contribution in [0.25, 0.3) is 0 Å². The van der Waals surface area contributed by atoms with Crippen LogP contribution in [0, 0.1) is 0 Å². The Morgan fingerprint density at radius 3 is 0.688 bits per heavy atom. The fourth-order valence-electron chi connectivity index (χ4n) is 0. The molecule has 0 spiro atoms. The molecular formula is Cl2Fe4O8P2. The van der Waals surface area contributed by atoms with Crippen molar-refractivity contribution in [2.75, 3.05) is 0 Å². The van der Waals surface area contributed by atoms with Gasteiger partial charge in [0.1, 0.15) is 0 Å². The van der Waals surface area contributed by atoms with Crippen molar-refractivity contribution in [1.82, 2.24) is 0 Å². The Morgan fingerprint density at radius 1 is 0.688 bits per heavy atom. The molecule has 0 amide bonds. The smallest absolute Gasteiger partial charge is 2.00 e. The van der Waals surface area contributed by atoms with Crippen molar-refractivity contribution in [1.29, 1.82) is 0 Å². The number of hydrogen-bond acceptors (Lipinski definition) is 8. The van der Waals surface area contributed by atoms with Crippen LogP contribution in [0.4, 0.5) is 0 Å². The quantitative estimate of drug-likeness (QED) is 0.245. The van der Waals surface area contributed by atoms with Crippen LogP contribution in [0.3, 0.4) is 0 Å². The third-order valence-electron chi connectivity index (χ3n) is 0. The molecule has 0 heterocycles. The fraction of sp³-hybridized carbons (Fsp3) is 0. The maximum Gasteiger partial charge on any atom is 2.00 e. The second-order valence-electron chi connectivity index (χ2n) is 0.945. The van der Waals surface area contributed by atoms with Gasteiger partial charge in [0.2, 0.25) is 0 Å². The summed E-state index contributed by atoms with van der Waals surface area (Å²) in [6.07, 6.45) is 0. The minimum Gasteiger partial charge on any atom is 2.00 e. The molecule has 0 aliphatic heterocycles. The minimum absolute atomic E-state index is 0. The van der Waals surface area contributed by atoms with Gasteiger partial charge in [-0.25, -0.2) is 0 Å². The van der Waals surface area contributed by atoms with E-state index in [-0.39, 0.29) is 64.3 Å². The van der Waals surface area contributed by atoms with Gasteiger partial charge < -0.3 is 38.5 Å². The summed E-state index contributed by atoms with van der Waals surface area (Å²) in [7, 11) is -1.25. The van der Waals surface area contributed by atoms with Gasteiger partial charge in [0, 0.05) is 0 Å². The molecule has 0 aliphatic carbocycles. The van der Waals surface area contributed by atoms with Crippen molar-refractivity contribution in [3.8, 4) is 0 Å².